The van der Waals surface area contributed by atoms with Gasteiger partial charge in [0.25, 0.3) is 0 Å². The Bertz CT molecular complexity index is 557. The molecule has 17 heavy (non-hydrogen) atoms. The number of hydrogen-bond acceptors (Lipinski definition) is 1. The normalized spacial score (nSPS) is 16.2. The van der Waals surface area contributed by atoms with Crippen LogP contribution in [0.5, 0.6) is 0 Å². The summed E-state index contributed by atoms with van der Waals surface area (Å²) in [6.07, 6.45) is 2.42. The monoisotopic (exact) mass is 219 g/mol. The summed E-state index contributed by atoms with van der Waals surface area (Å²) in [4.78, 5) is 0. The molecule has 0 aliphatic heterocycles. The van der Waals surface area contributed by atoms with Gasteiger partial charge in [0.2, 0.25) is 0 Å². The molecule has 0 heterocycles. The van der Waals surface area contributed by atoms with E-state index >= 15 is 0 Å². The quantitative estimate of drug-likeness (QED) is 0.756. The van der Waals surface area contributed by atoms with Crippen LogP contribution >= 0.6 is 0 Å². The molecule has 1 aliphatic carbocycles. The van der Waals surface area contributed by atoms with Crippen molar-refractivity contribution in [3.63, 3.8) is 0 Å². The number of nitriles is 1. The fourth-order valence-corrected chi connectivity index (χ4v) is 2.49. The smallest absolute Gasteiger partial charge is 0.0991 e. The summed E-state index contributed by atoms with van der Waals surface area (Å²) in [5.41, 5.74) is 3.68. The summed E-state index contributed by atoms with van der Waals surface area (Å²) < 4.78 is 0. The van der Waals surface area contributed by atoms with Crippen molar-refractivity contribution in [2.75, 3.05) is 0 Å². The molecule has 0 radical (unpaired) electrons. The first-order chi connectivity index (χ1) is 8.35. The topological polar surface area (TPSA) is 23.8 Å². The predicted octanol–water partition coefficient (Wildman–Crippen LogP) is 3.64. The van der Waals surface area contributed by atoms with E-state index in [1.54, 1.807) is 0 Å². The van der Waals surface area contributed by atoms with E-state index in [0.717, 1.165) is 5.56 Å². The van der Waals surface area contributed by atoms with Gasteiger partial charge >= 0.3 is 0 Å². The van der Waals surface area contributed by atoms with Crippen molar-refractivity contribution >= 4 is 0 Å². The standard InChI is InChI=1S/C16H13N/c17-12-13-6-8-15(9-7-13)16(10-11-16)14-4-2-1-3-5-14/h1-9H,10-11H2. The van der Waals surface area contributed by atoms with Crippen molar-refractivity contribution in [2.24, 2.45) is 0 Å². The molecule has 2 aromatic carbocycles. The third kappa shape index (κ3) is 1.62. The Morgan fingerprint density at radius 1 is 0.824 bits per heavy atom. The lowest BCUT2D eigenvalue weighted by molar-refractivity contribution is 0.847. The van der Waals surface area contributed by atoms with Crippen molar-refractivity contribution in [3.05, 3.63) is 71.3 Å². The molecule has 0 amide bonds. The number of nitrogens with zero attached hydrogens (tertiary/aromatic N) is 1. The molecule has 0 bridgehead atoms. The van der Waals surface area contributed by atoms with Crippen LogP contribution in [0.2, 0.25) is 0 Å². The van der Waals surface area contributed by atoms with Crippen molar-refractivity contribution in [3.8, 4) is 6.07 Å². The van der Waals surface area contributed by atoms with Gasteiger partial charge in [-0.15, -0.1) is 0 Å². The molecule has 0 saturated heterocycles. The Labute approximate surface area is 101 Å². The van der Waals surface area contributed by atoms with Crippen molar-refractivity contribution in [1.29, 1.82) is 5.26 Å². The lowest BCUT2D eigenvalue weighted by Crippen LogP contribution is -2.08. The second-order valence-electron chi connectivity index (χ2n) is 4.64. The van der Waals surface area contributed by atoms with Crippen molar-refractivity contribution < 1.29 is 0 Å². The maximum absolute atomic E-state index is 8.81. The molecule has 1 nitrogen and oxygen atoms in total. The lowest BCUT2D eigenvalue weighted by Gasteiger charge is -2.16. The third-order valence-electron chi connectivity index (χ3n) is 3.64. The van der Waals surface area contributed by atoms with E-state index in [0.29, 0.717) is 0 Å². The molecule has 0 atom stereocenters. The van der Waals surface area contributed by atoms with E-state index in [-0.39, 0.29) is 5.41 Å². The maximum atomic E-state index is 8.81. The first kappa shape index (κ1) is 10.1. The van der Waals surface area contributed by atoms with Gasteiger partial charge in [0.1, 0.15) is 0 Å². The Morgan fingerprint density at radius 2 is 1.41 bits per heavy atom. The van der Waals surface area contributed by atoms with E-state index in [4.69, 9.17) is 5.26 Å². The summed E-state index contributed by atoms with van der Waals surface area (Å²) in [5, 5.41) is 8.81. The molecule has 1 fully saturated rings. The second kappa shape index (κ2) is 3.75. The van der Waals surface area contributed by atoms with Crippen LogP contribution in [0.25, 0.3) is 0 Å². The predicted molar refractivity (Wildman–Crippen MR) is 67.6 cm³/mol. The van der Waals surface area contributed by atoms with Crippen molar-refractivity contribution in [1.82, 2.24) is 0 Å². The zero-order chi connectivity index (χ0) is 11.7. The first-order valence-corrected chi connectivity index (χ1v) is 5.91. The molecule has 0 N–H and O–H groups in total. The Hall–Kier alpha value is -2.07. The minimum absolute atomic E-state index is 0.218. The Kier molecular flexibility index (Phi) is 2.23. The average molecular weight is 219 g/mol. The summed E-state index contributed by atoms with van der Waals surface area (Å²) in [5.74, 6) is 0. The summed E-state index contributed by atoms with van der Waals surface area (Å²) >= 11 is 0. The number of hydrogen-bond donors (Lipinski definition) is 0. The van der Waals surface area contributed by atoms with Crippen LogP contribution in [0.3, 0.4) is 0 Å². The van der Waals surface area contributed by atoms with E-state index in [2.05, 4.69) is 48.5 Å². The van der Waals surface area contributed by atoms with Crippen molar-refractivity contribution in [2.45, 2.75) is 18.3 Å². The van der Waals surface area contributed by atoms with Gasteiger partial charge in [-0.3, -0.25) is 0 Å². The highest BCUT2D eigenvalue weighted by Gasteiger charge is 2.45. The van der Waals surface area contributed by atoms with Gasteiger partial charge < -0.3 is 0 Å². The number of benzene rings is 2. The van der Waals surface area contributed by atoms with E-state index < -0.39 is 0 Å². The molecule has 82 valence electrons. The van der Waals surface area contributed by atoms with Crippen LogP contribution in [-0.4, -0.2) is 0 Å². The molecule has 1 heteroatoms. The van der Waals surface area contributed by atoms with E-state index in [9.17, 15) is 0 Å². The zero-order valence-corrected chi connectivity index (χ0v) is 9.56. The molecule has 2 aromatic rings. The van der Waals surface area contributed by atoms with Crippen LogP contribution in [0, 0.1) is 11.3 Å². The lowest BCUT2D eigenvalue weighted by atomic mass is 9.88. The van der Waals surface area contributed by atoms with Gasteiger partial charge in [0, 0.05) is 5.41 Å². The van der Waals surface area contributed by atoms with Gasteiger partial charge in [0.15, 0.2) is 0 Å². The fourth-order valence-electron chi connectivity index (χ4n) is 2.49. The SMILES string of the molecule is N#Cc1ccc(C2(c3ccccc3)CC2)cc1. The Morgan fingerprint density at radius 3 is 1.94 bits per heavy atom. The Balaban J connectivity index is 2.01. The molecular weight excluding hydrogens is 206 g/mol. The third-order valence-corrected chi connectivity index (χ3v) is 3.64. The second-order valence-corrected chi connectivity index (χ2v) is 4.64. The van der Waals surface area contributed by atoms with Gasteiger partial charge in [0.05, 0.1) is 11.6 Å². The minimum atomic E-state index is 0.218. The molecule has 1 aliphatic rings. The van der Waals surface area contributed by atoms with Gasteiger partial charge in [-0.1, -0.05) is 42.5 Å². The minimum Gasteiger partial charge on any atom is -0.192 e. The maximum Gasteiger partial charge on any atom is 0.0991 e. The molecular formula is C16H13N. The van der Waals surface area contributed by atoms with Gasteiger partial charge in [-0.2, -0.15) is 5.26 Å². The summed E-state index contributed by atoms with van der Waals surface area (Å²) in [7, 11) is 0. The molecule has 0 unspecified atom stereocenters. The first-order valence-electron chi connectivity index (χ1n) is 5.91. The number of rotatable bonds is 2. The van der Waals surface area contributed by atoms with Crippen LogP contribution < -0.4 is 0 Å². The zero-order valence-electron chi connectivity index (χ0n) is 9.56. The highest BCUT2D eigenvalue weighted by atomic mass is 14.5. The highest BCUT2D eigenvalue weighted by molar-refractivity contribution is 5.46. The summed E-state index contributed by atoms with van der Waals surface area (Å²) in [6.45, 7) is 0. The molecule has 3 rings (SSSR count). The molecule has 0 aromatic heterocycles. The van der Waals surface area contributed by atoms with Crippen LogP contribution in [0.1, 0.15) is 29.5 Å². The molecule has 1 saturated carbocycles. The van der Waals surface area contributed by atoms with Crippen LogP contribution in [0.4, 0.5) is 0 Å². The largest absolute Gasteiger partial charge is 0.192 e. The highest BCUT2D eigenvalue weighted by Crippen LogP contribution is 2.53. The fraction of sp³-hybridized carbons (Fsp3) is 0.188. The van der Waals surface area contributed by atoms with E-state index in [1.807, 2.05) is 12.1 Å². The van der Waals surface area contributed by atoms with Crippen LogP contribution in [-0.2, 0) is 5.41 Å². The average Bonchev–Trinajstić information content (AvgIpc) is 3.21. The van der Waals surface area contributed by atoms with E-state index in [1.165, 1.54) is 24.0 Å². The van der Waals surface area contributed by atoms with Gasteiger partial charge in [-0.05, 0) is 36.1 Å². The van der Waals surface area contributed by atoms with Crippen LogP contribution in [0.15, 0.2) is 54.6 Å². The molecule has 0 spiro atoms. The summed E-state index contributed by atoms with van der Waals surface area (Å²) in [6, 6.07) is 20.8. The van der Waals surface area contributed by atoms with Gasteiger partial charge in [-0.25, -0.2) is 0 Å².